The number of aromatic nitrogens is 4. The highest BCUT2D eigenvalue weighted by molar-refractivity contribution is 5.24. The van der Waals surface area contributed by atoms with Crippen molar-refractivity contribution in [1.29, 1.82) is 0 Å². The van der Waals surface area contributed by atoms with Gasteiger partial charge in [0.15, 0.2) is 0 Å². The summed E-state index contributed by atoms with van der Waals surface area (Å²) in [5.41, 5.74) is 4.28. The Hall–Kier alpha value is -1.62. The van der Waals surface area contributed by atoms with Crippen molar-refractivity contribution in [2.75, 3.05) is 0 Å². The number of aliphatic hydroxyl groups excluding tert-OH is 1. The molecule has 0 saturated carbocycles. The molecule has 0 aliphatic heterocycles. The first-order chi connectivity index (χ1) is 13.3. The molecule has 0 bridgehead atoms. The Morgan fingerprint density at radius 2 is 0.933 bits per heavy atom. The molecule has 170 valence electrons. The molecule has 0 amide bonds. The van der Waals surface area contributed by atoms with E-state index in [1.165, 1.54) is 0 Å². The highest BCUT2D eigenvalue weighted by Crippen LogP contribution is 2.30. The van der Waals surface area contributed by atoms with Crippen molar-refractivity contribution < 1.29 is 5.11 Å². The van der Waals surface area contributed by atoms with Crippen LogP contribution in [0.5, 0.6) is 0 Å². The molecule has 0 aliphatic rings. The molecule has 30 heavy (non-hydrogen) atoms. The van der Waals surface area contributed by atoms with Gasteiger partial charge in [-0.25, -0.2) is 0 Å². The minimum absolute atomic E-state index is 0.0286. The van der Waals surface area contributed by atoms with Gasteiger partial charge in [0, 0.05) is 33.0 Å². The molecule has 0 fully saturated rings. The minimum Gasteiger partial charge on any atom is -0.389 e. The van der Waals surface area contributed by atoms with Crippen LogP contribution in [0.4, 0.5) is 0 Å². The van der Waals surface area contributed by atoms with E-state index >= 15 is 0 Å². The third kappa shape index (κ3) is 5.75. The summed E-state index contributed by atoms with van der Waals surface area (Å²) in [6.07, 6.45) is -0.576. The van der Waals surface area contributed by atoms with Gasteiger partial charge >= 0.3 is 0 Å². The van der Waals surface area contributed by atoms with Crippen molar-refractivity contribution in [1.82, 2.24) is 19.6 Å². The van der Waals surface area contributed by atoms with Gasteiger partial charge in [0.1, 0.15) is 0 Å². The number of aliphatic hydroxyl groups is 1. The molecule has 0 aliphatic carbocycles. The Morgan fingerprint density at radius 3 is 1.17 bits per heavy atom. The number of hydrogen-bond acceptors (Lipinski definition) is 3. The van der Waals surface area contributed by atoms with Gasteiger partial charge in [0.2, 0.25) is 0 Å². The lowest BCUT2D eigenvalue weighted by Crippen LogP contribution is -2.29. The molecule has 0 radical (unpaired) electrons. The fourth-order valence-electron chi connectivity index (χ4n) is 3.51. The van der Waals surface area contributed by atoms with E-state index in [1.807, 2.05) is 9.36 Å². The zero-order valence-corrected chi connectivity index (χ0v) is 21.4. The van der Waals surface area contributed by atoms with E-state index in [2.05, 4.69) is 95.2 Å². The maximum absolute atomic E-state index is 11.0. The Labute approximate surface area is 183 Å². The fourth-order valence-corrected chi connectivity index (χ4v) is 3.51. The monoisotopic (exact) mass is 416 g/mol. The van der Waals surface area contributed by atoms with Crippen LogP contribution in [-0.4, -0.2) is 30.8 Å². The summed E-state index contributed by atoms with van der Waals surface area (Å²) in [4.78, 5) is 0. The van der Waals surface area contributed by atoms with Gasteiger partial charge in [0.05, 0.1) is 30.6 Å². The molecule has 2 heterocycles. The van der Waals surface area contributed by atoms with Crippen LogP contribution in [0.15, 0.2) is 12.1 Å². The maximum atomic E-state index is 11.0. The lowest BCUT2D eigenvalue weighted by Gasteiger charge is -2.24. The van der Waals surface area contributed by atoms with Crippen LogP contribution in [-0.2, 0) is 34.7 Å². The number of nitrogens with zero attached hydrogens (tertiary/aromatic N) is 4. The quantitative estimate of drug-likeness (QED) is 0.733. The zero-order chi connectivity index (χ0) is 23.3. The third-order valence-corrected chi connectivity index (χ3v) is 5.40. The zero-order valence-electron chi connectivity index (χ0n) is 21.4. The van der Waals surface area contributed by atoms with Crippen molar-refractivity contribution in [3.8, 4) is 0 Å². The average molecular weight is 417 g/mol. The van der Waals surface area contributed by atoms with Gasteiger partial charge < -0.3 is 5.11 Å². The maximum Gasteiger partial charge on any atom is 0.0931 e. The van der Waals surface area contributed by atoms with Gasteiger partial charge in [-0.1, -0.05) is 83.1 Å². The lowest BCUT2D eigenvalue weighted by molar-refractivity contribution is 0.120. The van der Waals surface area contributed by atoms with Crippen LogP contribution in [0.25, 0.3) is 0 Å². The topological polar surface area (TPSA) is 55.9 Å². The van der Waals surface area contributed by atoms with Crippen molar-refractivity contribution in [2.45, 2.75) is 124 Å². The minimum atomic E-state index is -0.576. The van der Waals surface area contributed by atoms with Crippen LogP contribution in [0.1, 0.15) is 106 Å². The van der Waals surface area contributed by atoms with Crippen LogP contribution in [0.3, 0.4) is 0 Å². The molecule has 0 unspecified atom stereocenters. The fraction of sp³-hybridized carbons (Fsp3) is 0.760. The summed E-state index contributed by atoms with van der Waals surface area (Å²) < 4.78 is 3.99. The largest absolute Gasteiger partial charge is 0.389 e. The van der Waals surface area contributed by atoms with Gasteiger partial charge in [-0.05, 0) is 12.1 Å². The first-order valence-corrected chi connectivity index (χ1v) is 11.2. The highest BCUT2D eigenvalue weighted by atomic mass is 16.3. The first kappa shape index (κ1) is 24.6. The van der Waals surface area contributed by atoms with Crippen molar-refractivity contribution in [3.05, 3.63) is 34.9 Å². The second-order valence-electron chi connectivity index (χ2n) is 12.8. The molecule has 5 nitrogen and oxygen atoms in total. The molecule has 2 aromatic rings. The standard InChI is InChI=1S/C25H44N4O/c1-22(2,3)18-13-20(24(7,8)9)28(26-18)15-17(30)16-29-21(25(10,11)12)14-19(27-29)23(4,5)6/h13-14,17,30H,15-16H2,1-12H3. The number of hydrogen-bond donors (Lipinski definition) is 1. The summed E-state index contributed by atoms with van der Waals surface area (Å²) in [6, 6.07) is 4.39. The summed E-state index contributed by atoms with van der Waals surface area (Å²) in [7, 11) is 0. The molecule has 2 rings (SSSR count). The second-order valence-corrected chi connectivity index (χ2v) is 12.8. The molecular weight excluding hydrogens is 372 g/mol. The van der Waals surface area contributed by atoms with Crippen LogP contribution in [0, 0.1) is 0 Å². The molecule has 5 heteroatoms. The first-order valence-electron chi connectivity index (χ1n) is 11.2. The summed E-state index contributed by atoms with van der Waals surface area (Å²) in [6.45, 7) is 27.1. The normalized spacial score (nSPS) is 14.1. The van der Waals surface area contributed by atoms with E-state index in [0.29, 0.717) is 13.1 Å². The van der Waals surface area contributed by atoms with Crippen LogP contribution >= 0.6 is 0 Å². The molecule has 0 saturated heterocycles. The summed E-state index contributed by atoms with van der Waals surface area (Å²) in [5, 5.41) is 20.8. The smallest absolute Gasteiger partial charge is 0.0931 e. The van der Waals surface area contributed by atoms with Gasteiger partial charge in [-0.15, -0.1) is 0 Å². The van der Waals surface area contributed by atoms with E-state index in [9.17, 15) is 5.11 Å². The Morgan fingerprint density at radius 1 is 0.633 bits per heavy atom. The molecular formula is C25H44N4O. The van der Waals surface area contributed by atoms with Crippen molar-refractivity contribution in [3.63, 3.8) is 0 Å². The molecule has 1 N–H and O–H groups in total. The van der Waals surface area contributed by atoms with E-state index in [4.69, 9.17) is 10.2 Å². The molecule has 0 aromatic carbocycles. The second kappa shape index (κ2) is 7.81. The van der Waals surface area contributed by atoms with Crippen LogP contribution < -0.4 is 0 Å². The average Bonchev–Trinajstić information content (AvgIpc) is 3.09. The van der Waals surface area contributed by atoms with Gasteiger partial charge in [-0.3, -0.25) is 9.36 Å². The predicted octanol–water partition coefficient (Wildman–Crippen LogP) is 5.33. The molecule has 0 spiro atoms. The predicted molar refractivity (Wildman–Crippen MR) is 125 cm³/mol. The van der Waals surface area contributed by atoms with Crippen LogP contribution in [0.2, 0.25) is 0 Å². The number of rotatable bonds is 4. The lowest BCUT2D eigenvalue weighted by atomic mass is 9.88. The van der Waals surface area contributed by atoms with E-state index in [1.54, 1.807) is 0 Å². The summed E-state index contributed by atoms with van der Waals surface area (Å²) >= 11 is 0. The van der Waals surface area contributed by atoms with Gasteiger partial charge in [0.25, 0.3) is 0 Å². The third-order valence-electron chi connectivity index (χ3n) is 5.40. The van der Waals surface area contributed by atoms with Gasteiger partial charge in [-0.2, -0.15) is 10.2 Å². The van der Waals surface area contributed by atoms with E-state index < -0.39 is 6.10 Å². The Kier molecular flexibility index (Phi) is 6.42. The van der Waals surface area contributed by atoms with Crippen molar-refractivity contribution in [2.24, 2.45) is 0 Å². The highest BCUT2D eigenvalue weighted by Gasteiger charge is 2.29. The van der Waals surface area contributed by atoms with E-state index in [0.717, 1.165) is 22.8 Å². The van der Waals surface area contributed by atoms with Crippen molar-refractivity contribution >= 4 is 0 Å². The van der Waals surface area contributed by atoms with E-state index in [-0.39, 0.29) is 21.7 Å². The molecule has 2 aromatic heterocycles. The summed E-state index contributed by atoms with van der Waals surface area (Å²) in [5.74, 6) is 0. The Balaban J connectivity index is 2.36. The Bertz CT molecular complexity index is 789. The molecule has 0 atom stereocenters. The SMILES string of the molecule is CC(C)(C)c1cc(C(C)(C)C)n(CC(O)Cn2nc(C(C)(C)C)cc2C(C)(C)C)n1.